The molecule has 25 heavy (non-hydrogen) atoms. The zero-order valence-corrected chi connectivity index (χ0v) is 14.4. The van der Waals surface area contributed by atoms with Gasteiger partial charge in [-0.05, 0) is 30.3 Å². The Morgan fingerprint density at radius 1 is 1.20 bits per heavy atom. The highest BCUT2D eigenvalue weighted by molar-refractivity contribution is 9.10. The number of aliphatic carboxylic acids is 1. The molecule has 0 heterocycles. The van der Waals surface area contributed by atoms with Gasteiger partial charge in [-0.1, -0.05) is 28.1 Å². The van der Waals surface area contributed by atoms with E-state index in [1.54, 1.807) is 30.3 Å². The van der Waals surface area contributed by atoms with Crippen LogP contribution in [0.15, 0.2) is 58.8 Å². The number of allylic oxidation sites excluding steroid dienone is 1. The Morgan fingerprint density at radius 2 is 1.96 bits per heavy atom. The van der Waals surface area contributed by atoms with Crippen LogP contribution in [-0.4, -0.2) is 22.0 Å². The SMILES string of the molecule is N#Cc1ccc(Br)cc1COc1cccc(C(=O)/C=C(/O)C(=O)O)c1. The number of hydrogen-bond donors (Lipinski definition) is 2. The number of ether oxygens (including phenoxy) is 1. The summed E-state index contributed by atoms with van der Waals surface area (Å²) in [6.07, 6.45) is 0.629. The van der Waals surface area contributed by atoms with Crippen LogP contribution >= 0.6 is 15.9 Å². The van der Waals surface area contributed by atoms with Crippen LogP contribution in [-0.2, 0) is 11.4 Å². The number of carboxylic acid groups (broad SMARTS) is 1. The van der Waals surface area contributed by atoms with Crippen molar-refractivity contribution < 1.29 is 24.5 Å². The molecule has 7 heteroatoms. The molecule has 0 aromatic heterocycles. The summed E-state index contributed by atoms with van der Waals surface area (Å²) in [5.41, 5.74) is 1.32. The molecule has 0 aliphatic rings. The zero-order chi connectivity index (χ0) is 18.4. The maximum Gasteiger partial charge on any atom is 0.371 e. The number of nitriles is 1. The van der Waals surface area contributed by atoms with Crippen molar-refractivity contribution in [3.05, 3.63) is 75.5 Å². The largest absolute Gasteiger partial charge is 0.502 e. The number of benzene rings is 2. The average molecular weight is 402 g/mol. The second kappa shape index (κ2) is 8.13. The molecule has 0 aliphatic heterocycles. The molecule has 0 amide bonds. The molecular formula is C18H12BrNO5. The summed E-state index contributed by atoms with van der Waals surface area (Å²) >= 11 is 3.33. The lowest BCUT2D eigenvalue weighted by Gasteiger charge is -2.09. The molecule has 6 nitrogen and oxygen atoms in total. The number of carbonyl (C=O) groups is 2. The fraction of sp³-hybridized carbons (Fsp3) is 0.0556. The van der Waals surface area contributed by atoms with Gasteiger partial charge in [-0.3, -0.25) is 4.79 Å². The molecule has 0 bridgehead atoms. The smallest absolute Gasteiger partial charge is 0.371 e. The summed E-state index contributed by atoms with van der Waals surface area (Å²) < 4.78 is 6.42. The van der Waals surface area contributed by atoms with E-state index in [-0.39, 0.29) is 12.2 Å². The highest BCUT2D eigenvalue weighted by atomic mass is 79.9. The number of carboxylic acids is 1. The van der Waals surface area contributed by atoms with Crippen molar-refractivity contribution in [2.45, 2.75) is 6.61 Å². The van der Waals surface area contributed by atoms with Gasteiger partial charge < -0.3 is 14.9 Å². The van der Waals surface area contributed by atoms with Crippen molar-refractivity contribution >= 4 is 27.7 Å². The van der Waals surface area contributed by atoms with Crippen LogP contribution in [0.3, 0.4) is 0 Å². The summed E-state index contributed by atoms with van der Waals surface area (Å²) in [6, 6.07) is 13.4. The van der Waals surface area contributed by atoms with Crippen LogP contribution in [0.2, 0.25) is 0 Å². The van der Waals surface area contributed by atoms with E-state index >= 15 is 0 Å². The van der Waals surface area contributed by atoms with Gasteiger partial charge in [0.25, 0.3) is 0 Å². The number of carbonyl (C=O) groups excluding carboxylic acids is 1. The van der Waals surface area contributed by atoms with E-state index < -0.39 is 17.5 Å². The molecule has 0 aliphatic carbocycles. The van der Waals surface area contributed by atoms with E-state index in [2.05, 4.69) is 22.0 Å². The zero-order valence-electron chi connectivity index (χ0n) is 12.8. The number of ketones is 1. The van der Waals surface area contributed by atoms with E-state index in [0.717, 1.165) is 4.47 Å². The fourth-order valence-electron chi connectivity index (χ4n) is 1.96. The number of halogens is 1. The first-order valence-electron chi connectivity index (χ1n) is 7.00. The third-order valence-electron chi connectivity index (χ3n) is 3.19. The Bertz CT molecular complexity index is 899. The van der Waals surface area contributed by atoms with Gasteiger partial charge in [0.2, 0.25) is 5.76 Å². The number of aliphatic hydroxyl groups excluding tert-OH is 1. The van der Waals surface area contributed by atoms with Crippen LogP contribution < -0.4 is 4.74 Å². The maximum atomic E-state index is 11.9. The van der Waals surface area contributed by atoms with Gasteiger partial charge >= 0.3 is 5.97 Å². The molecule has 0 unspecified atom stereocenters. The molecule has 0 atom stereocenters. The highest BCUT2D eigenvalue weighted by Crippen LogP contribution is 2.20. The van der Waals surface area contributed by atoms with E-state index in [0.29, 0.717) is 23.0 Å². The quantitative estimate of drug-likeness (QED) is 0.434. The van der Waals surface area contributed by atoms with Gasteiger partial charge in [0.15, 0.2) is 5.78 Å². The van der Waals surface area contributed by atoms with Crippen LogP contribution in [0.25, 0.3) is 0 Å². The second-order valence-electron chi connectivity index (χ2n) is 4.93. The van der Waals surface area contributed by atoms with Crippen molar-refractivity contribution in [3.63, 3.8) is 0 Å². The fourth-order valence-corrected chi connectivity index (χ4v) is 2.37. The molecule has 0 fully saturated rings. The van der Waals surface area contributed by atoms with Crippen molar-refractivity contribution in [2.75, 3.05) is 0 Å². The van der Waals surface area contributed by atoms with Gasteiger partial charge in [-0.15, -0.1) is 0 Å². The van der Waals surface area contributed by atoms with Crippen LogP contribution in [0.5, 0.6) is 5.75 Å². The topological polar surface area (TPSA) is 108 Å². The van der Waals surface area contributed by atoms with E-state index in [9.17, 15) is 9.59 Å². The van der Waals surface area contributed by atoms with Crippen molar-refractivity contribution in [1.29, 1.82) is 5.26 Å². The minimum atomic E-state index is -1.58. The molecule has 2 N–H and O–H groups in total. The second-order valence-corrected chi connectivity index (χ2v) is 5.84. The summed E-state index contributed by atoms with van der Waals surface area (Å²) in [5, 5.41) is 26.8. The lowest BCUT2D eigenvalue weighted by molar-refractivity contribution is -0.135. The Balaban J connectivity index is 2.16. The Kier molecular flexibility index (Phi) is 5.93. The lowest BCUT2D eigenvalue weighted by Crippen LogP contribution is -2.04. The Hall–Kier alpha value is -3.11. The molecule has 2 aromatic rings. The standard InChI is InChI=1S/C18H12BrNO5/c19-14-5-4-12(9-20)13(6-14)10-25-15-3-1-2-11(7-15)16(21)8-17(22)18(23)24/h1-8,22H,10H2,(H,23,24)/b17-8+. The Morgan fingerprint density at radius 3 is 2.64 bits per heavy atom. The summed E-state index contributed by atoms with van der Waals surface area (Å²) in [6.45, 7) is 0.121. The third-order valence-corrected chi connectivity index (χ3v) is 3.68. The first kappa shape index (κ1) is 18.2. The number of rotatable bonds is 6. The first-order chi connectivity index (χ1) is 11.9. The summed E-state index contributed by atoms with van der Waals surface area (Å²) in [4.78, 5) is 22.5. The molecule has 0 radical (unpaired) electrons. The van der Waals surface area contributed by atoms with Gasteiger partial charge in [0.05, 0.1) is 11.6 Å². The lowest BCUT2D eigenvalue weighted by atomic mass is 10.1. The molecule has 2 rings (SSSR count). The van der Waals surface area contributed by atoms with Crippen LogP contribution in [0.1, 0.15) is 21.5 Å². The Labute approximate surface area is 151 Å². The summed E-state index contributed by atoms with van der Waals surface area (Å²) in [5.74, 6) is -2.91. The minimum absolute atomic E-state index is 0.121. The molecule has 126 valence electrons. The maximum absolute atomic E-state index is 11.9. The van der Waals surface area contributed by atoms with E-state index in [1.807, 2.05) is 0 Å². The van der Waals surface area contributed by atoms with Gasteiger partial charge in [0.1, 0.15) is 12.4 Å². The minimum Gasteiger partial charge on any atom is -0.502 e. The normalized spacial score (nSPS) is 10.8. The monoisotopic (exact) mass is 401 g/mol. The highest BCUT2D eigenvalue weighted by Gasteiger charge is 2.11. The van der Waals surface area contributed by atoms with Crippen LogP contribution in [0.4, 0.5) is 0 Å². The molecule has 0 saturated heterocycles. The number of hydrogen-bond acceptors (Lipinski definition) is 5. The van der Waals surface area contributed by atoms with Gasteiger partial charge in [-0.25, -0.2) is 4.79 Å². The van der Waals surface area contributed by atoms with Crippen molar-refractivity contribution in [3.8, 4) is 11.8 Å². The average Bonchev–Trinajstić information content (AvgIpc) is 2.60. The molecule has 0 spiro atoms. The molecule has 2 aromatic carbocycles. The van der Waals surface area contributed by atoms with Gasteiger partial charge in [-0.2, -0.15) is 5.26 Å². The number of nitrogens with zero attached hydrogens (tertiary/aromatic N) is 1. The van der Waals surface area contributed by atoms with Crippen molar-refractivity contribution in [1.82, 2.24) is 0 Å². The van der Waals surface area contributed by atoms with Crippen molar-refractivity contribution in [2.24, 2.45) is 0 Å². The third kappa shape index (κ3) is 4.93. The van der Waals surface area contributed by atoms with Gasteiger partial charge in [0, 0.05) is 21.7 Å². The molecular weight excluding hydrogens is 390 g/mol. The van der Waals surface area contributed by atoms with Crippen LogP contribution in [0, 0.1) is 11.3 Å². The first-order valence-corrected chi connectivity index (χ1v) is 7.79. The van der Waals surface area contributed by atoms with E-state index in [4.69, 9.17) is 20.2 Å². The predicted octanol–water partition coefficient (Wildman–Crippen LogP) is 3.61. The number of aliphatic hydroxyl groups is 1. The molecule has 0 saturated carbocycles. The predicted molar refractivity (Wildman–Crippen MR) is 92.3 cm³/mol. The summed E-state index contributed by atoms with van der Waals surface area (Å²) in [7, 11) is 0. The van der Waals surface area contributed by atoms with E-state index in [1.165, 1.54) is 12.1 Å².